The summed E-state index contributed by atoms with van der Waals surface area (Å²) in [5.74, 6) is 8.59. The Bertz CT molecular complexity index is 454. The summed E-state index contributed by atoms with van der Waals surface area (Å²) in [5.41, 5.74) is 0. The molecule has 1 fully saturated rings. The highest BCUT2D eigenvalue weighted by Gasteiger charge is 2.27. The summed E-state index contributed by atoms with van der Waals surface area (Å²) in [6, 6.07) is 1.89. The van der Waals surface area contributed by atoms with Gasteiger partial charge >= 0.3 is 0 Å². The van der Waals surface area contributed by atoms with Crippen LogP contribution in [0.2, 0.25) is 0 Å². The molecule has 2 rings (SSSR count). The molecule has 2 heterocycles. The average Bonchev–Trinajstić information content (AvgIpc) is 2.71. The van der Waals surface area contributed by atoms with Crippen molar-refractivity contribution in [2.24, 2.45) is 11.8 Å². The first-order valence-corrected chi connectivity index (χ1v) is 6.30. The van der Waals surface area contributed by atoms with Gasteiger partial charge in [-0.15, -0.1) is 5.92 Å². The van der Waals surface area contributed by atoms with Gasteiger partial charge in [0.25, 0.3) is 0 Å². The lowest BCUT2D eigenvalue weighted by Gasteiger charge is -2.17. The zero-order valence-electron chi connectivity index (χ0n) is 11.2. The third-order valence-corrected chi connectivity index (χ3v) is 3.41. The first-order chi connectivity index (χ1) is 8.70. The van der Waals surface area contributed by atoms with Crippen molar-refractivity contribution in [1.29, 1.82) is 0 Å². The van der Waals surface area contributed by atoms with Gasteiger partial charge in [-0.25, -0.2) is 9.97 Å². The summed E-state index contributed by atoms with van der Waals surface area (Å²) in [7, 11) is 0. The Balaban J connectivity index is 2.04. The van der Waals surface area contributed by atoms with E-state index in [-0.39, 0.29) is 0 Å². The molecule has 4 nitrogen and oxygen atoms in total. The Morgan fingerprint density at radius 2 is 2.06 bits per heavy atom. The third kappa shape index (κ3) is 2.92. The number of hydrogen-bond acceptors (Lipinski definition) is 4. The highest BCUT2D eigenvalue weighted by molar-refractivity contribution is 5.42. The highest BCUT2D eigenvalue weighted by Crippen LogP contribution is 2.27. The molecule has 0 N–H and O–H groups in total. The predicted octanol–water partition coefficient (Wildman–Crippen LogP) is 1.97. The lowest BCUT2D eigenvalue weighted by Crippen LogP contribution is -2.20. The van der Waals surface area contributed by atoms with E-state index in [0.717, 1.165) is 18.9 Å². The second-order valence-corrected chi connectivity index (χ2v) is 4.79. The number of nitrogens with zero attached hydrogens (tertiary/aromatic N) is 3. The average molecular weight is 245 g/mol. The number of rotatable bonds is 3. The molecule has 0 amide bonds. The van der Waals surface area contributed by atoms with Gasteiger partial charge in [-0.05, 0) is 18.8 Å². The van der Waals surface area contributed by atoms with Crippen LogP contribution in [0.15, 0.2) is 12.4 Å². The van der Waals surface area contributed by atoms with Crippen molar-refractivity contribution >= 4 is 5.82 Å². The van der Waals surface area contributed by atoms with Crippen molar-refractivity contribution in [3.63, 3.8) is 0 Å². The molecule has 1 aromatic heterocycles. The molecule has 0 bridgehead atoms. The number of ether oxygens (including phenoxy) is 1. The standard InChI is InChI=1S/C14H19N3O/c1-4-5-6-18-14-7-13(15-10-16-14)17-8-11(2)12(3)9-17/h7,10-12H,6,8-9H2,1-3H3. The van der Waals surface area contributed by atoms with E-state index in [4.69, 9.17) is 4.74 Å². The maximum atomic E-state index is 5.45. The third-order valence-electron chi connectivity index (χ3n) is 3.41. The van der Waals surface area contributed by atoms with Crippen LogP contribution in [0.5, 0.6) is 5.88 Å². The highest BCUT2D eigenvalue weighted by atomic mass is 16.5. The van der Waals surface area contributed by atoms with Crippen LogP contribution in [-0.4, -0.2) is 29.7 Å². The lowest BCUT2D eigenvalue weighted by molar-refractivity contribution is 0.354. The summed E-state index contributed by atoms with van der Waals surface area (Å²) in [6.07, 6.45) is 1.55. The van der Waals surface area contributed by atoms with Gasteiger partial charge < -0.3 is 9.64 Å². The first-order valence-electron chi connectivity index (χ1n) is 6.30. The molecule has 0 spiro atoms. The molecule has 0 radical (unpaired) electrons. The molecule has 96 valence electrons. The summed E-state index contributed by atoms with van der Waals surface area (Å²) >= 11 is 0. The smallest absolute Gasteiger partial charge is 0.219 e. The van der Waals surface area contributed by atoms with Gasteiger partial charge in [-0.2, -0.15) is 0 Å². The molecular weight excluding hydrogens is 226 g/mol. The molecule has 2 unspecified atom stereocenters. The van der Waals surface area contributed by atoms with E-state index in [9.17, 15) is 0 Å². The van der Waals surface area contributed by atoms with Gasteiger partial charge in [0.15, 0.2) is 6.61 Å². The number of aromatic nitrogens is 2. The van der Waals surface area contributed by atoms with E-state index >= 15 is 0 Å². The second-order valence-electron chi connectivity index (χ2n) is 4.79. The van der Waals surface area contributed by atoms with E-state index in [1.807, 2.05) is 6.07 Å². The Hall–Kier alpha value is -1.76. The minimum absolute atomic E-state index is 0.375. The van der Waals surface area contributed by atoms with Crippen molar-refractivity contribution in [2.75, 3.05) is 24.6 Å². The van der Waals surface area contributed by atoms with Crippen molar-refractivity contribution in [3.05, 3.63) is 12.4 Å². The molecule has 4 heteroatoms. The van der Waals surface area contributed by atoms with Crippen molar-refractivity contribution < 1.29 is 4.74 Å². The minimum atomic E-state index is 0.375. The topological polar surface area (TPSA) is 38.2 Å². The van der Waals surface area contributed by atoms with E-state index < -0.39 is 0 Å². The maximum Gasteiger partial charge on any atom is 0.219 e. The predicted molar refractivity (Wildman–Crippen MR) is 71.5 cm³/mol. The van der Waals surface area contributed by atoms with Crippen molar-refractivity contribution in [2.45, 2.75) is 20.8 Å². The van der Waals surface area contributed by atoms with Crippen molar-refractivity contribution in [3.8, 4) is 17.7 Å². The van der Waals surface area contributed by atoms with E-state index in [2.05, 4.69) is 40.6 Å². The molecule has 1 saturated heterocycles. The molecular formula is C14H19N3O. The van der Waals surface area contributed by atoms with Crippen molar-refractivity contribution in [1.82, 2.24) is 9.97 Å². The molecule has 2 atom stereocenters. The van der Waals surface area contributed by atoms with Crippen LogP contribution in [-0.2, 0) is 0 Å². The van der Waals surface area contributed by atoms with Crippen LogP contribution >= 0.6 is 0 Å². The Morgan fingerprint density at radius 1 is 1.33 bits per heavy atom. The Morgan fingerprint density at radius 3 is 2.72 bits per heavy atom. The second kappa shape index (κ2) is 5.72. The van der Waals surface area contributed by atoms with Crippen LogP contribution < -0.4 is 9.64 Å². The van der Waals surface area contributed by atoms with Gasteiger partial charge in [-0.1, -0.05) is 19.8 Å². The van der Waals surface area contributed by atoms with Gasteiger partial charge in [0.05, 0.1) is 0 Å². The fraction of sp³-hybridized carbons (Fsp3) is 0.571. The zero-order chi connectivity index (χ0) is 13.0. The Labute approximate surface area is 108 Å². The first kappa shape index (κ1) is 12.7. The largest absolute Gasteiger partial charge is 0.464 e. The van der Waals surface area contributed by atoms with E-state index in [1.165, 1.54) is 0 Å². The van der Waals surface area contributed by atoms with E-state index in [0.29, 0.717) is 24.3 Å². The normalized spacial score (nSPS) is 22.5. The van der Waals surface area contributed by atoms with Gasteiger partial charge in [0.1, 0.15) is 12.1 Å². The zero-order valence-corrected chi connectivity index (χ0v) is 11.2. The monoisotopic (exact) mass is 245 g/mol. The Kier molecular flexibility index (Phi) is 4.03. The summed E-state index contributed by atoms with van der Waals surface area (Å²) < 4.78 is 5.45. The van der Waals surface area contributed by atoms with Crippen LogP contribution in [0.1, 0.15) is 20.8 Å². The van der Waals surface area contributed by atoms with Crippen LogP contribution in [0, 0.1) is 23.7 Å². The van der Waals surface area contributed by atoms with Gasteiger partial charge in [0.2, 0.25) is 5.88 Å². The summed E-state index contributed by atoms with van der Waals surface area (Å²) in [5, 5.41) is 0. The SMILES string of the molecule is CC#CCOc1cc(N2CC(C)C(C)C2)ncn1. The molecule has 0 aliphatic carbocycles. The van der Waals surface area contributed by atoms with Crippen LogP contribution in [0.25, 0.3) is 0 Å². The van der Waals surface area contributed by atoms with Gasteiger partial charge in [-0.3, -0.25) is 0 Å². The fourth-order valence-corrected chi connectivity index (χ4v) is 2.08. The lowest BCUT2D eigenvalue weighted by atomic mass is 10.0. The number of hydrogen-bond donors (Lipinski definition) is 0. The maximum absolute atomic E-state index is 5.45. The summed E-state index contributed by atoms with van der Waals surface area (Å²) in [6.45, 7) is 8.82. The fourth-order valence-electron chi connectivity index (χ4n) is 2.08. The van der Waals surface area contributed by atoms with Crippen LogP contribution in [0.3, 0.4) is 0 Å². The molecule has 0 aromatic carbocycles. The molecule has 1 aliphatic rings. The quantitative estimate of drug-likeness (QED) is 0.763. The molecule has 1 aliphatic heterocycles. The molecule has 18 heavy (non-hydrogen) atoms. The van der Waals surface area contributed by atoms with E-state index in [1.54, 1.807) is 13.3 Å². The van der Waals surface area contributed by atoms with Gasteiger partial charge in [0, 0.05) is 19.2 Å². The number of anilines is 1. The van der Waals surface area contributed by atoms with Crippen LogP contribution in [0.4, 0.5) is 5.82 Å². The molecule has 0 saturated carbocycles. The summed E-state index contributed by atoms with van der Waals surface area (Å²) in [4.78, 5) is 10.7. The molecule has 1 aromatic rings. The minimum Gasteiger partial charge on any atom is -0.464 e.